The third-order valence-electron chi connectivity index (χ3n) is 3.48. The summed E-state index contributed by atoms with van der Waals surface area (Å²) in [5.74, 6) is 0. The van der Waals surface area contributed by atoms with E-state index in [0.717, 1.165) is 0 Å². The van der Waals surface area contributed by atoms with E-state index < -0.39 is 62.0 Å². The first-order valence-electron chi connectivity index (χ1n) is 8.04. The molecule has 0 saturated carbocycles. The van der Waals surface area contributed by atoms with Crippen LogP contribution in [0.1, 0.15) is 0 Å². The van der Waals surface area contributed by atoms with Gasteiger partial charge in [-0.15, -0.1) is 0 Å². The maximum absolute atomic E-state index is 9.21. The van der Waals surface area contributed by atoms with Crippen LogP contribution in [0.4, 0.5) is 0 Å². The molecule has 18 N–H and O–H groups in total. The second-order valence-corrected chi connectivity index (χ2v) is 5.71. The highest BCUT2D eigenvalue weighted by Crippen LogP contribution is 2.05. The van der Waals surface area contributed by atoms with Crippen LogP contribution in [0.5, 0.6) is 0 Å². The fraction of sp³-hybridized carbons (Fsp3) is 1.00. The van der Waals surface area contributed by atoms with Gasteiger partial charge < -0.3 is 78.1 Å². The van der Waals surface area contributed by atoms with E-state index in [4.69, 9.17) is 40.9 Å². The molecule has 0 fully saturated rings. The van der Waals surface area contributed by atoms with E-state index in [1.54, 1.807) is 14.1 Å². The van der Waals surface area contributed by atoms with Gasteiger partial charge in [-0.3, -0.25) is 0 Å². The van der Waals surface area contributed by atoms with E-state index in [9.17, 15) is 10.2 Å². The summed E-state index contributed by atoms with van der Waals surface area (Å²) in [7, 11) is 3.15. The predicted octanol–water partition coefficient (Wildman–Crippen LogP) is -9.19. The van der Waals surface area contributed by atoms with Crippen LogP contribution in [0.25, 0.3) is 0 Å². The fourth-order valence-corrected chi connectivity index (χ4v) is 1.79. The van der Waals surface area contributed by atoms with Crippen LogP contribution in [0, 0.1) is 0 Å². The minimum atomic E-state index is -1.55. The average Bonchev–Trinajstić information content (AvgIpc) is 2.64. The van der Waals surface area contributed by atoms with Crippen molar-refractivity contribution in [3.63, 3.8) is 0 Å². The zero-order valence-corrected chi connectivity index (χ0v) is 16.4. The Labute approximate surface area is 168 Å². The molecule has 0 unspecified atom stereocenters. The minimum absolute atomic E-state index is 0. The summed E-state index contributed by atoms with van der Waals surface area (Å²) in [5, 5.41) is 95.0. The van der Waals surface area contributed by atoms with Crippen LogP contribution in [0.3, 0.4) is 0 Å². The lowest BCUT2D eigenvalue weighted by molar-refractivity contribution is -0.113. The first kappa shape index (κ1) is 38.9. The molecule has 0 spiro atoms. The molecule has 0 radical (unpaired) electrons. The van der Waals surface area contributed by atoms with Crippen LogP contribution in [0.2, 0.25) is 0 Å². The Morgan fingerprint density at radius 1 is 0.483 bits per heavy atom. The van der Waals surface area contributed by atoms with Gasteiger partial charge in [-0.25, -0.2) is 0 Å². The quantitative estimate of drug-likeness (QED) is 0.133. The molecular formula is C14H40N2O13. The smallest absolute Gasteiger partial charge is 0.111 e. The average molecular weight is 444 g/mol. The van der Waals surface area contributed by atoms with E-state index >= 15 is 0 Å². The lowest BCUT2D eigenvalue weighted by atomic mass is 10.0. The SMILES string of the molecule is CNC[C@H](O)[C@@H](O)[C@H](O)[C@H](O)CO.CNC[C@H](O)[C@@H](O)[C@H](O)[C@H](O)CO.O.O.O. The van der Waals surface area contributed by atoms with Gasteiger partial charge in [0.2, 0.25) is 0 Å². The van der Waals surface area contributed by atoms with Crippen LogP contribution < -0.4 is 10.6 Å². The van der Waals surface area contributed by atoms with Crippen molar-refractivity contribution in [1.29, 1.82) is 0 Å². The van der Waals surface area contributed by atoms with Gasteiger partial charge in [-0.05, 0) is 14.1 Å². The van der Waals surface area contributed by atoms with Gasteiger partial charge >= 0.3 is 0 Å². The molecule has 0 aliphatic heterocycles. The first-order valence-corrected chi connectivity index (χ1v) is 8.04. The Bertz CT molecular complexity index is 302. The molecule has 0 aromatic rings. The molecule has 0 bridgehead atoms. The van der Waals surface area contributed by atoms with E-state index in [1.165, 1.54) is 0 Å². The van der Waals surface area contributed by atoms with Gasteiger partial charge in [0, 0.05) is 13.1 Å². The van der Waals surface area contributed by atoms with E-state index in [-0.39, 0.29) is 29.5 Å². The zero-order chi connectivity index (χ0) is 20.9. The highest BCUT2D eigenvalue weighted by molar-refractivity contribution is 4.82. The Kier molecular flexibility index (Phi) is 29.7. The van der Waals surface area contributed by atoms with Crippen LogP contribution in [-0.2, 0) is 0 Å². The predicted molar refractivity (Wildman–Crippen MR) is 101 cm³/mol. The Morgan fingerprint density at radius 3 is 0.862 bits per heavy atom. The lowest BCUT2D eigenvalue weighted by Crippen LogP contribution is -2.48. The van der Waals surface area contributed by atoms with Gasteiger partial charge in [0.05, 0.1) is 25.4 Å². The molecule has 15 heteroatoms. The van der Waals surface area contributed by atoms with Gasteiger partial charge in [0.25, 0.3) is 0 Å². The number of aliphatic hydroxyl groups excluding tert-OH is 10. The summed E-state index contributed by atoms with van der Waals surface area (Å²) in [6.45, 7) is -1.14. The van der Waals surface area contributed by atoms with Crippen molar-refractivity contribution in [2.45, 2.75) is 48.8 Å². The molecule has 0 saturated heterocycles. The highest BCUT2D eigenvalue weighted by atomic mass is 16.4. The maximum atomic E-state index is 9.21. The van der Waals surface area contributed by atoms with Crippen molar-refractivity contribution >= 4 is 0 Å². The largest absolute Gasteiger partial charge is 0.412 e. The number of likely N-dealkylation sites (N-methyl/N-ethyl adjacent to an activating group) is 2. The van der Waals surface area contributed by atoms with Gasteiger partial charge in [-0.2, -0.15) is 0 Å². The van der Waals surface area contributed by atoms with Gasteiger partial charge in [0.1, 0.15) is 36.6 Å². The molecule has 0 amide bonds. The topological polar surface area (TPSA) is 321 Å². The van der Waals surface area contributed by atoms with Gasteiger partial charge in [-0.1, -0.05) is 0 Å². The number of hydrogen-bond donors (Lipinski definition) is 12. The molecule has 15 nitrogen and oxygen atoms in total. The highest BCUT2D eigenvalue weighted by Gasteiger charge is 2.30. The second-order valence-electron chi connectivity index (χ2n) is 5.71. The standard InChI is InChI=1S/2C7H17NO5.3H2O/c2*1-8-2-4(10)6(12)7(13)5(11)3-9;;;/h2*4-13H,2-3H2,1H3;3*1H2/t2*4-,5+,6+,7+;;;/m00.../s1. The Hall–Kier alpha value is -0.600. The second kappa shape index (κ2) is 22.1. The summed E-state index contributed by atoms with van der Waals surface area (Å²) in [4.78, 5) is 0. The summed E-state index contributed by atoms with van der Waals surface area (Å²) >= 11 is 0. The number of rotatable bonds is 12. The third-order valence-corrected chi connectivity index (χ3v) is 3.48. The van der Waals surface area contributed by atoms with Crippen molar-refractivity contribution in [3.05, 3.63) is 0 Å². The number of hydrogen-bond acceptors (Lipinski definition) is 12. The first-order chi connectivity index (χ1) is 12.1. The minimum Gasteiger partial charge on any atom is -0.412 e. The number of nitrogens with one attached hydrogen (secondary N) is 2. The van der Waals surface area contributed by atoms with Crippen molar-refractivity contribution in [2.75, 3.05) is 40.4 Å². The van der Waals surface area contributed by atoms with Crippen molar-refractivity contribution in [3.8, 4) is 0 Å². The van der Waals surface area contributed by atoms with Crippen LogP contribution >= 0.6 is 0 Å². The molecule has 0 aliphatic carbocycles. The molecule has 0 aromatic carbocycles. The van der Waals surface area contributed by atoms with Gasteiger partial charge in [0.15, 0.2) is 0 Å². The Balaban J connectivity index is -0.000000120. The lowest BCUT2D eigenvalue weighted by Gasteiger charge is -2.25. The summed E-state index contributed by atoms with van der Waals surface area (Å²) < 4.78 is 0. The van der Waals surface area contributed by atoms with E-state index in [1.807, 2.05) is 0 Å². The van der Waals surface area contributed by atoms with E-state index in [0.29, 0.717) is 0 Å². The molecule has 184 valence electrons. The van der Waals surface area contributed by atoms with Crippen molar-refractivity contribution in [1.82, 2.24) is 10.6 Å². The van der Waals surface area contributed by atoms with E-state index in [2.05, 4.69) is 10.6 Å². The van der Waals surface area contributed by atoms with Crippen molar-refractivity contribution < 1.29 is 67.5 Å². The van der Waals surface area contributed by atoms with Crippen LogP contribution in [-0.4, -0.2) is 157 Å². The molecule has 0 aromatic heterocycles. The molecule has 29 heavy (non-hydrogen) atoms. The van der Waals surface area contributed by atoms with Crippen molar-refractivity contribution in [2.24, 2.45) is 0 Å². The molecule has 0 aliphatic rings. The molecule has 8 atom stereocenters. The molecular weight excluding hydrogens is 404 g/mol. The molecule has 0 rings (SSSR count). The zero-order valence-electron chi connectivity index (χ0n) is 16.4. The normalized spacial score (nSPS) is 18.6. The fourth-order valence-electron chi connectivity index (χ4n) is 1.79. The molecule has 0 heterocycles. The summed E-state index contributed by atoms with van der Waals surface area (Å²) in [5.41, 5.74) is 0. The monoisotopic (exact) mass is 444 g/mol. The van der Waals surface area contributed by atoms with Crippen LogP contribution in [0.15, 0.2) is 0 Å². The summed E-state index contributed by atoms with van der Waals surface area (Å²) in [6, 6.07) is 0. The number of aliphatic hydroxyl groups is 10. The Morgan fingerprint density at radius 2 is 0.690 bits per heavy atom. The third kappa shape index (κ3) is 15.8. The summed E-state index contributed by atoms with van der Waals surface area (Å²) in [6.07, 6.45) is -11.3. The maximum Gasteiger partial charge on any atom is 0.111 e.